The van der Waals surface area contributed by atoms with E-state index in [1.807, 2.05) is 0 Å². The van der Waals surface area contributed by atoms with Crippen LogP contribution >= 0.6 is 0 Å². The Balaban J connectivity index is 6.16. The third-order valence-corrected chi connectivity index (χ3v) is 23.7. The number of hydrogen-bond donors (Lipinski definition) is 0. The first-order chi connectivity index (χ1) is 13.9. The van der Waals surface area contributed by atoms with Crippen molar-refractivity contribution in [3.8, 4) is 0 Å². The molecule has 0 spiro atoms. The van der Waals surface area contributed by atoms with Crippen LogP contribution in [0.1, 0.15) is 107 Å². The van der Waals surface area contributed by atoms with Crippen molar-refractivity contribution in [3.05, 3.63) is 0 Å². The highest BCUT2D eigenvalue weighted by molar-refractivity contribution is 6.90. The van der Waals surface area contributed by atoms with Gasteiger partial charge in [0.15, 0.2) is 16.6 Å². The Labute approximate surface area is 188 Å². The third kappa shape index (κ3) is 10.2. The van der Waals surface area contributed by atoms with Gasteiger partial charge in [0.2, 0.25) is 0 Å². The summed E-state index contributed by atoms with van der Waals surface area (Å²) in [5.74, 6) is 0. The molecule has 0 aliphatic rings. The van der Waals surface area contributed by atoms with Crippen LogP contribution in [0.4, 0.5) is 0 Å². The molecule has 0 saturated heterocycles. The highest BCUT2D eigenvalue weighted by atomic mass is 28.5. The number of rotatable bonds is 20. The molecule has 29 heavy (non-hydrogen) atoms. The molecule has 0 aliphatic carbocycles. The molecule has 5 heteroatoms. The SMILES string of the molecule is CCC[Si](CCC)(CCC)O[Si](CCC)(CCC)O[Si](CCC)(CCC)CCC. The summed E-state index contributed by atoms with van der Waals surface area (Å²) >= 11 is 0. The minimum absolute atomic E-state index is 1.22. The van der Waals surface area contributed by atoms with Crippen LogP contribution in [0.3, 0.4) is 0 Å². The second-order valence-electron chi connectivity index (χ2n) is 9.48. The molecule has 0 unspecified atom stereocenters. The summed E-state index contributed by atoms with van der Waals surface area (Å²) < 4.78 is 15.2. The second-order valence-corrected chi connectivity index (χ2v) is 21.7. The first kappa shape index (κ1) is 29.6. The van der Waals surface area contributed by atoms with E-state index in [1.165, 1.54) is 99.7 Å². The lowest BCUT2D eigenvalue weighted by atomic mass is 10.6. The summed E-state index contributed by atoms with van der Waals surface area (Å²) in [6.45, 7) is 18.9. The first-order valence-electron chi connectivity index (χ1n) is 13.3. The monoisotopic (exact) mass is 460 g/mol. The Morgan fingerprint density at radius 2 is 0.552 bits per heavy atom. The van der Waals surface area contributed by atoms with Gasteiger partial charge in [-0.25, -0.2) is 0 Å². The Kier molecular flexibility index (Phi) is 16.6. The van der Waals surface area contributed by atoms with E-state index in [4.69, 9.17) is 8.23 Å². The molecule has 0 saturated carbocycles. The van der Waals surface area contributed by atoms with Crippen LogP contribution < -0.4 is 0 Å². The molecule has 0 heterocycles. The van der Waals surface area contributed by atoms with E-state index >= 15 is 0 Å². The molecule has 0 aromatic carbocycles. The molecule has 0 aromatic heterocycles. The topological polar surface area (TPSA) is 18.5 Å². The molecule has 0 fully saturated rings. The van der Waals surface area contributed by atoms with Crippen molar-refractivity contribution in [2.75, 3.05) is 0 Å². The average Bonchev–Trinajstić information content (AvgIpc) is 2.63. The van der Waals surface area contributed by atoms with Crippen molar-refractivity contribution in [2.24, 2.45) is 0 Å². The summed E-state index contributed by atoms with van der Waals surface area (Å²) in [6, 6.07) is 10.5. The van der Waals surface area contributed by atoms with Crippen LogP contribution in [0.5, 0.6) is 0 Å². The van der Waals surface area contributed by atoms with Gasteiger partial charge in [-0.3, -0.25) is 0 Å². The molecule has 176 valence electrons. The Morgan fingerprint density at radius 1 is 0.345 bits per heavy atom. The molecule has 0 radical (unpaired) electrons. The van der Waals surface area contributed by atoms with Crippen molar-refractivity contribution < 1.29 is 8.23 Å². The van der Waals surface area contributed by atoms with Crippen LogP contribution in [0.15, 0.2) is 0 Å². The van der Waals surface area contributed by atoms with E-state index in [1.54, 1.807) is 0 Å². The fourth-order valence-corrected chi connectivity index (χ4v) is 25.4. The van der Waals surface area contributed by atoms with E-state index < -0.39 is 25.2 Å². The van der Waals surface area contributed by atoms with E-state index in [2.05, 4.69) is 55.4 Å². The van der Waals surface area contributed by atoms with Crippen LogP contribution in [0.2, 0.25) is 48.4 Å². The van der Waals surface area contributed by atoms with Gasteiger partial charge < -0.3 is 8.23 Å². The quantitative estimate of drug-likeness (QED) is 0.168. The predicted molar refractivity (Wildman–Crippen MR) is 140 cm³/mol. The van der Waals surface area contributed by atoms with Crippen LogP contribution in [0, 0.1) is 0 Å². The summed E-state index contributed by atoms with van der Waals surface area (Å²) in [5, 5.41) is 0. The second kappa shape index (κ2) is 16.2. The van der Waals surface area contributed by atoms with Gasteiger partial charge in [0.25, 0.3) is 0 Å². The largest absolute Gasteiger partial charge is 0.436 e. The zero-order chi connectivity index (χ0) is 22.2. The van der Waals surface area contributed by atoms with E-state index in [9.17, 15) is 0 Å². The smallest absolute Gasteiger partial charge is 0.317 e. The minimum atomic E-state index is -2.17. The lowest BCUT2D eigenvalue weighted by Gasteiger charge is -2.47. The molecule has 0 atom stereocenters. The molecular weight excluding hydrogens is 405 g/mol. The predicted octanol–water partition coefficient (Wildman–Crippen LogP) is 9.63. The lowest BCUT2D eigenvalue weighted by molar-refractivity contribution is 0.348. The van der Waals surface area contributed by atoms with Gasteiger partial charge in [-0.15, -0.1) is 0 Å². The van der Waals surface area contributed by atoms with Gasteiger partial charge in [-0.2, -0.15) is 0 Å². The van der Waals surface area contributed by atoms with E-state index in [0.717, 1.165) is 0 Å². The van der Waals surface area contributed by atoms with Gasteiger partial charge >= 0.3 is 8.56 Å². The van der Waals surface area contributed by atoms with Crippen LogP contribution in [0.25, 0.3) is 0 Å². The summed E-state index contributed by atoms with van der Waals surface area (Å²) in [7, 11) is -5.60. The van der Waals surface area contributed by atoms with Crippen LogP contribution in [-0.4, -0.2) is 25.2 Å². The zero-order valence-corrected chi connectivity index (χ0v) is 24.6. The highest BCUT2D eigenvalue weighted by Gasteiger charge is 2.49. The number of hydrogen-bond acceptors (Lipinski definition) is 2. The van der Waals surface area contributed by atoms with Crippen molar-refractivity contribution in [2.45, 2.75) is 155 Å². The van der Waals surface area contributed by atoms with Gasteiger partial charge in [0.05, 0.1) is 0 Å². The lowest BCUT2D eigenvalue weighted by Crippen LogP contribution is -2.59. The molecule has 0 rings (SSSR count). The molecule has 0 bridgehead atoms. The fourth-order valence-electron chi connectivity index (χ4n) is 5.69. The van der Waals surface area contributed by atoms with Gasteiger partial charge in [-0.1, -0.05) is 107 Å². The van der Waals surface area contributed by atoms with Crippen LogP contribution in [-0.2, 0) is 8.23 Å². The molecule has 2 nitrogen and oxygen atoms in total. The maximum Gasteiger partial charge on any atom is 0.317 e. The van der Waals surface area contributed by atoms with Gasteiger partial charge in [-0.05, 0) is 48.4 Å². The molecule has 0 aliphatic heterocycles. The van der Waals surface area contributed by atoms with E-state index in [0.29, 0.717) is 0 Å². The molecule has 0 amide bonds. The van der Waals surface area contributed by atoms with E-state index in [-0.39, 0.29) is 0 Å². The third-order valence-electron chi connectivity index (χ3n) is 6.30. The van der Waals surface area contributed by atoms with Crippen molar-refractivity contribution in [1.82, 2.24) is 0 Å². The normalized spacial score (nSPS) is 13.2. The van der Waals surface area contributed by atoms with Gasteiger partial charge in [0, 0.05) is 0 Å². The Morgan fingerprint density at radius 3 is 0.724 bits per heavy atom. The summed E-state index contributed by atoms with van der Waals surface area (Å²) in [4.78, 5) is 0. The highest BCUT2D eigenvalue weighted by Crippen LogP contribution is 2.40. The standard InChI is InChI=1S/C24H56O2Si3/c1-9-17-27(18-10-2,19-11-3)25-29(23-15-7,24-16-8)26-28(20-12-4,21-13-5)22-14-6/h9-24H2,1-8H3. The Hall–Kier alpha value is 0.571. The maximum atomic E-state index is 7.61. The van der Waals surface area contributed by atoms with Gasteiger partial charge in [0.1, 0.15) is 0 Å². The summed E-state index contributed by atoms with van der Waals surface area (Å²) in [6.07, 6.45) is 10.1. The van der Waals surface area contributed by atoms with Crippen molar-refractivity contribution in [1.29, 1.82) is 0 Å². The van der Waals surface area contributed by atoms with Crippen molar-refractivity contribution in [3.63, 3.8) is 0 Å². The molecule has 0 N–H and O–H groups in total. The molecule has 0 aromatic rings. The minimum Gasteiger partial charge on any atom is -0.436 e. The maximum absolute atomic E-state index is 7.61. The zero-order valence-electron chi connectivity index (χ0n) is 21.6. The molecular formula is C24H56O2Si3. The average molecular weight is 461 g/mol. The first-order valence-corrected chi connectivity index (χ1v) is 20.6. The van der Waals surface area contributed by atoms with Crippen molar-refractivity contribution >= 4 is 25.2 Å². The fraction of sp³-hybridized carbons (Fsp3) is 1.00. The Bertz CT molecular complexity index is 320. The summed E-state index contributed by atoms with van der Waals surface area (Å²) in [5.41, 5.74) is 0.